The molecule has 0 atom stereocenters. The van der Waals surface area contributed by atoms with Crippen LogP contribution in [-0.2, 0) is 32.2 Å². The van der Waals surface area contributed by atoms with Gasteiger partial charge in [0.15, 0.2) is 0 Å². The zero-order valence-electron chi connectivity index (χ0n) is 16.8. The fourth-order valence-corrected chi connectivity index (χ4v) is 3.89. The van der Waals surface area contributed by atoms with Crippen molar-refractivity contribution < 1.29 is 37.0 Å². The molecule has 0 saturated heterocycles. The van der Waals surface area contributed by atoms with Gasteiger partial charge in [0.25, 0.3) is 0 Å². The highest BCUT2D eigenvalue weighted by Crippen LogP contribution is 2.15. The van der Waals surface area contributed by atoms with Crippen LogP contribution in [0.5, 0.6) is 0 Å². The summed E-state index contributed by atoms with van der Waals surface area (Å²) in [7, 11) is 3.72. The molecule has 0 aromatic heterocycles. The Balaban J connectivity index is 4.18. The first kappa shape index (κ1) is 25.2. The van der Waals surface area contributed by atoms with Crippen LogP contribution >= 0.6 is 0 Å². The smallest absolute Gasteiger partial charge is 0.450 e. The van der Waals surface area contributed by atoms with Crippen molar-refractivity contribution in [3.05, 3.63) is 0 Å². The molecule has 0 aliphatic heterocycles. The maximum atomic E-state index is 12.1. The summed E-state index contributed by atoms with van der Waals surface area (Å²) in [4.78, 5) is 13.7. The second-order valence-corrected chi connectivity index (χ2v) is 8.39. The fourth-order valence-electron chi connectivity index (χ4n) is 2.19. The van der Waals surface area contributed by atoms with E-state index in [1.807, 2.05) is 0 Å². The molecule has 0 radical (unpaired) electrons. The van der Waals surface area contributed by atoms with Crippen molar-refractivity contribution >= 4 is 14.9 Å². The van der Waals surface area contributed by atoms with Gasteiger partial charge in [0.05, 0.1) is 39.6 Å². The molecule has 9 nitrogen and oxygen atoms in total. The first-order valence-corrected chi connectivity index (χ1v) is 10.7. The number of nitrogens with zero attached hydrogens (tertiary/aromatic N) is 1. The Kier molecular flexibility index (Phi) is 15.9. The lowest BCUT2D eigenvalue weighted by Gasteiger charge is -2.26. The Morgan fingerprint density at radius 3 is 1.96 bits per heavy atom. The molecule has 0 aliphatic carbocycles. The summed E-state index contributed by atoms with van der Waals surface area (Å²) in [5.41, 5.74) is 0. The summed E-state index contributed by atoms with van der Waals surface area (Å²) in [5.74, 6) is 0. The van der Waals surface area contributed by atoms with Gasteiger partial charge in [-0.05, 0) is 13.3 Å². The molecule has 0 rings (SSSR count). The summed E-state index contributed by atoms with van der Waals surface area (Å²) in [6.07, 6.45) is 0.327. The topological polar surface area (TPSA) is 84.9 Å². The van der Waals surface area contributed by atoms with E-state index in [1.165, 1.54) is 0 Å². The molecule has 0 unspecified atom stereocenters. The highest BCUT2D eigenvalue weighted by molar-refractivity contribution is 6.60. The van der Waals surface area contributed by atoms with Gasteiger partial charge < -0.3 is 37.1 Å². The summed E-state index contributed by atoms with van der Waals surface area (Å²) < 4.78 is 37.0. The molecule has 0 bridgehead atoms. The molecule has 10 heteroatoms. The van der Waals surface area contributed by atoms with Crippen LogP contribution in [0.4, 0.5) is 4.79 Å². The number of ether oxygens (including phenoxy) is 4. The second kappa shape index (κ2) is 16.4. The minimum absolute atomic E-state index is 0.330. The van der Waals surface area contributed by atoms with Crippen molar-refractivity contribution in [2.24, 2.45) is 0 Å². The van der Waals surface area contributed by atoms with Crippen LogP contribution in [0.15, 0.2) is 0 Å². The van der Waals surface area contributed by atoms with Gasteiger partial charge in [-0.1, -0.05) is 0 Å². The quantitative estimate of drug-likeness (QED) is 0.269. The third kappa shape index (κ3) is 11.1. The largest absolute Gasteiger partial charge is 0.500 e. The average molecular weight is 398 g/mol. The molecule has 0 aromatic carbocycles. The summed E-state index contributed by atoms with van der Waals surface area (Å²) in [5, 5.41) is 0. The van der Waals surface area contributed by atoms with E-state index in [9.17, 15) is 4.79 Å². The maximum absolute atomic E-state index is 12.1. The Hall–Kier alpha value is -0.753. The van der Waals surface area contributed by atoms with Gasteiger partial charge in [0, 0.05) is 47.6 Å². The van der Waals surface area contributed by atoms with Crippen LogP contribution in [-0.4, -0.2) is 101 Å². The molecule has 0 heterocycles. The van der Waals surface area contributed by atoms with E-state index in [2.05, 4.69) is 0 Å². The predicted molar refractivity (Wildman–Crippen MR) is 98.3 cm³/mol. The third-order valence-corrected chi connectivity index (χ3v) is 6.51. The van der Waals surface area contributed by atoms with Gasteiger partial charge in [0.1, 0.15) is 0 Å². The fraction of sp³-hybridized carbons (Fsp3) is 0.938. The monoisotopic (exact) mass is 397 g/mol. The second-order valence-electron chi connectivity index (χ2n) is 5.30. The summed E-state index contributed by atoms with van der Waals surface area (Å²) in [6, 6.07) is 0.612. The minimum atomic E-state index is -2.63. The highest BCUT2D eigenvalue weighted by atomic mass is 28.4. The zero-order valence-corrected chi connectivity index (χ0v) is 17.8. The van der Waals surface area contributed by atoms with Crippen molar-refractivity contribution in [3.8, 4) is 0 Å². The SMILES string of the molecule is CCOC(=O)N(CCC[Si](OC)(OC)OC)CCOCCOCCOC. The number of methoxy groups -OCH3 is 1. The van der Waals surface area contributed by atoms with Crippen molar-refractivity contribution in [3.63, 3.8) is 0 Å². The Morgan fingerprint density at radius 1 is 0.846 bits per heavy atom. The first-order chi connectivity index (χ1) is 12.6. The van der Waals surface area contributed by atoms with E-state index < -0.39 is 8.80 Å². The molecule has 0 saturated carbocycles. The molecule has 0 aromatic rings. The average Bonchev–Trinajstić information content (AvgIpc) is 2.66. The minimum Gasteiger partial charge on any atom is -0.450 e. The first-order valence-electron chi connectivity index (χ1n) is 8.80. The van der Waals surface area contributed by atoms with E-state index in [1.54, 1.807) is 40.3 Å². The lowest BCUT2D eigenvalue weighted by molar-refractivity contribution is 0.0185. The van der Waals surface area contributed by atoms with Gasteiger partial charge in [0.2, 0.25) is 0 Å². The van der Waals surface area contributed by atoms with Crippen molar-refractivity contribution in [1.82, 2.24) is 4.90 Å². The molecule has 0 fully saturated rings. The predicted octanol–water partition coefficient (Wildman–Crippen LogP) is 1.39. The van der Waals surface area contributed by atoms with Crippen molar-refractivity contribution in [2.45, 2.75) is 19.4 Å². The van der Waals surface area contributed by atoms with Crippen LogP contribution in [0.1, 0.15) is 13.3 Å². The van der Waals surface area contributed by atoms with E-state index in [0.29, 0.717) is 65.2 Å². The van der Waals surface area contributed by atoms with Crippen LogP contribution in [0.25, 0.3) is 0 Å². The Bertz CT molecular complexity index is 336. The molecule has 0 spiro atoms. The van der Waals surface area contributed by atoms with Gasteiger partial charge in [-0.3, -0.25) is 0 Å². The highest BCUT2D eigenvalue weighted by Gasteiger charge is 2.37. The Labute approximate surface area is 158 Å². The zero-order chi connectivity index (χ0) is 19.7. The maximum Gasteiger partial charge on any atom is 0.500 e. The molecule has 0 aliphatic rings. The van der Waals surface area contributed by atoms with E-state index in [4.69, 9.17) is 32.2 Å². The third-order valence-electron chi connectivity index (χ3n) is 3.68. The lowest BCUT2D eigenvalue weighted by Crippen LogP contribution is -2.44. The van der Waals surface area contributed by atoms with Gasteiger partial charge >= 0.3 is 14.9 Å². The summed E-state index contributed by atoms with van der Waals surface area (Å²) >= 11 is 0. The molecule has 156 valence electrons. The molecular weight excluding hydrogens is 362 g/mol. The van der Waals surface area contributed by atoms with Gasteiger partial charge in [-0.15, -0.1) is 0 Å². The number of rotatable bonds is 17. The molecular formula is C16H35NO8Si. The Morgan fingerprint density at radius 2 is 1.42 bits per heavy atom. The standard InChI is InChI=1S/C16H35NO8Si/c1-6-25-16(18)17(8-7-15-26(20-3,21-4)22-5)9-10-23-13-14-24-12-11-19-2/h6-15H2,1-5H3. The number of hydrogen-bond acceptors (Lipinski definition) is 8. The number of hydrogen-bond donors (Lipinski definition) is 0. The van der Waals surface area contributed by atoms with Crippen LogP contribution in [0.2, 0.25) is 6.04 Å². The van der Waals surface area contributed by atoms with Gasteiger partial charge in [-0.25, -0.2) is 4.79 Å². The normalized spacial score (nSPS) is 11.6. The van der Waals surface area contributed by atoms with E-state index >= 15 is 0 Å². The lowest BCUT2D eigenvalue weighted by atomic mass is 10.4. The van der Waals surface area contributed by atoms with E-state index in [-0.39, 0.29) is 6.09 Å². The number of carbonyl (C=O) groups is 1. The number of carbonyl (C=O) groups excluding carboxylic acids is 1. The van der Waals surface area contributed by atoms with Crippen LogP contribution < -0.4 is 0 Å². The van der Waals surface area contributed by atoms with E-state index in [0.717, 1.165) is 0 Å². The van der Waals surface area contributed by atoms with Crippen molar-refractivity contribution in [1.29, 1.82) is 0 Å². The molecule has 0 N–H and O–H groups in total. The molecule has 26 heavy (non-hydrogen) atoms. The molecule has 1 amide bonds. The summed E-state index contributed by atoms with van der Waals surface area (Å²) in [6.45, 7) is 5.54. The van der Waals surface area contributed by atoms with Crippen LogP contribution in [0, 0.1) is 0 Å². The number of amides is 1. The van der Waals surface area contributed by atoms with Crippen molar-refractivity contribution in [2.75, 3.05) is 81.2 Å². The van der Waals surface area contributed by atoms with Gasteiger partial charge in [-0.2, -0.15) is 0 Å². The van der Waals surface area contributed by atoms with Crippen LogP contribution in [0.3, 0.4) is 0 Å².